The number of hydrogen-bond donors (Lipinski definition) is 0. The zero-order valence-corrected chi connectivity index (χ0v) is 10.6. The summed E-state index contributed by atoms with van der Waals surface area (Å²) in [6, 6.07) is 0. The van der Waals surface area contributed by atoms with Gasteiger partial charge in [0.15, 0.2) is 0 Å². The van der Waals surface area contributed by atoms with Gasteiger partial charge in [0.05, 0.1) is 0 Å². The van der Waals surface area contributed by atoms with Crippen molar-refractivity contribution in [1.82, 2.24) is 0 Å². The summed E-state index contributed by atoms with van der Waals surface area (Å²) in [6.45, 7) is 0. The zero-order valence-electron chi connectivity index (χ0n) is 7.77. The fraction of sp³-hybridized carbons (Fsp3) is 0.375. The second-order valence-corrected chi connectivity index (χ2v) is 18.2. The summed E-state index contributed by atoms with van der Waals surface area (Å²) >= 11 is -2.77. The van der Waals surface area contributed by atoms with Crippen LogP contribution in [0.1, 0.15) is 0 Å². The van der Waals surface area contributed by atoms with Gasteiger partial charge in [0.1, 0.15) is 0 Å². The van der Waals surface area contributed by atoms with E-state index in [2.05, 4.69) is 0 Å². The minimum atomic E-state index is -2.77. The monoisotopic (exact) mass is 295 g/mol. The van der Waals surface area contributed by atoms with Gasteiger partial charge in [-0.1, -0.05) is 0 Å². The molecular weight excluding hydrogens is 283 g/mol. The first-order chi connectivity index (χ1) is 5.82. The maximum absolute atomic E-state index is 13.2. The summed E-state index contributed by atoms with van der Waals surface area (Å²) < 4.78 is 26.7. The van der Waals surface area contributed by atoms with Crippen molar-refractivity contribution in [1.29, 1.82) is 0 Å². The molecule has 0 spiro atoms. The molecule has 2 nitrogen and oxygen atoms in total. The number of rotatable bonds is 1. The average molecular weight is 294 g/mol. The normalized spacial score (nSPS) is 11.8. The van der Waals surface area contributed by atoms with Gasteiger partial charge in [-0.15, -0.1) is 0 Å². The molecule has 0 aliphatic heterocycles. The molecule has 0 N–H and O–H groups in total. The molecule has 0 saturated heterocycles. The first kappa shape index (κ1) is 10.7. The van der Waals surface area contributed by atoms with Gasteiger partial charge < -0.3 is 0 Å². The van der Waals surface area contributed by atoms with Crippen LogP contribution < -0.4 is 8.31 Å². The van der Waals surface area contributed by atoms with Crippen molar-refractivity contribution >= 4 is 22.0 Å². The molecule has 1 heterocycles. The first-order valence-corrected chi connectivity index (χ1v) is 13.9. The van der Waals surface area contributed by atoms with Crippen molar-refractivity contribution < 1.29 is 13.5 Å². The van der Waals surface area contributed by atoms with Crippen LogP contribution in [0.15, 0.2) is 12.4 Å². The second kappa shape index (κ2) is 3.40. The fourth-order valence-electron chi connectivity index (χ4n) is 1.22. The van der Waals surface area contributed by atoms with Crippen LogP contribution in [-0.2, 0) is 0 Å². The van der Waals surface area contributed by atoms with Crippen molar-refractivity contribution in [2.75, 3.05) is 0 Å². The number of hydrogen-bond acceptors (Lipinski definition) is 1. The number of aromatic nitrogens is 1. The van der Waals surface area contributed by atoms with Crippen molar-refractivity contribution in [3.8, 4) is 0 Å². The van der Waals surface area contributed by atoms with Gasteiger partial charge in [0.25, 0.3) is 0 Å². The third kappa shape index (κ3) is 2.30. The van der Waals surface area contributed by atoms with Gasteiger partial charge in [-0.25, -0.2) is 0 Å². The van der Waals surface area contributed by atoms with Gasteiger partial charge in [-0.2, -0.15) is 0 Å². The Morgan fingerprint density at radius 1 is 1.15 bits per heavy atom. The molecule has 0 aliphatic carbocycles. The second-order valence-electron chi connectivity index (χ2n) is 3.94. The molecule has 0 fully saturated rings. The van der Waals surface area contributed by atoms with Gasteiger partial charge in [-0.05, 0) is 0 Å². The minimum absolute atomic E-state index is 0.154. The Balaban J connectivity index is 3.38. The third-order valence-electron chi connectivity index (χ3n) is 1.71. The van der Waals surface area contributed by atoms with E-state index < -0.39 is 30.0 Å². The molecule has 0 atom stereocenters. The van der Waals surface area contributed by atoms with E-state index in [-0.39, 0.29) is 8.31 Å². The van der Waals surface area contributed by atoms with E-state index in [0.29, 0.717) is 0 Å². The Labute approximate surface area is 79.7 Å². The van der Waals surface area contributed by atoms with E-state index >= 15 is 0 Å². The van der Waals surface area contributed by atoms with Crippen LogP contribution >= 0.6 is 0 Å². The molecule has 0 radical (unpaired) electrons. The van der Waals surface area contributed by atoms with Crippen LogP contribution in [0.5, 0.6) is 0 Å². The Hall–Kier alpha value is -0.391. The Kier molecular flexibility index (Phi) is 2.79. The predicted molar refractivity (Wildman–Crippen MR) is 48.3 cm³/mol. The standard InChI is InChI=1S/C5H2F2NO.3CH3.Sn/c6-4-1-5(7)3-8(9)2-4;;;;/h2-3H;3*1H3;. The summed E-state index contributed by atoms with van der Waals surface area (Å²) in [5, 5.41) is 10.7. The molecule has 72 valence electrons. The van der Waals surface area contributed by atoms with Crippen LogP contribution in [-0.4, -0.2) is 18.4 Å². The van der Waals surface area contributed by atoms with Gasteiger partial charge in [-0.3, -0.25) is 0 Å². The SMILES string of the molecule is [CH3][Sn]([CH3])([CH3])[c]1c(F)c[n+]([O-])cc1F. The molecule has 13 heavy (non-hydrogen) atoms. The summed E-state index contributed by atoms with van der Waals surface area (Å²) in [5.41, 5.74) is 0. The van der Waals surface area contributed by atoms with Crippen molar-refractivity contribution in [3.63, 3.8) is 0 Å². The molecule has 0 amide bonds. The van der Waals surface area contributed by atoms with Crippen LogP contribution in [0.25, 0.3) is 0 Å². The summed E-state index contributed by atoms with van der Waals surface area (Å²) in [6.07, 6.45) is 1.56. The predicted octanol–water partition coefficient (Wildman–Crippen LogP) is 1.14. The van der Waals surface area contributed by atoms with Crippen molar-refractivity contribution in [2.45, 2.75) is 14.8 Å². The van der Waals surface area contributed by atoms with E-state index in [1.807, 2.05) is 14.8 Å². The summed E-state index contributed by atoms with van der Waals surface area (Å²) in [4.78, 5) is 5.68. The molecule has 0 aromatic carbocycles. The Morgan fingerprint density at radius 3 is 1.85 bits per heavy atom. The Morgan fingerprint density at radius 2 is 1.54 bits per heavy atom. The Bertz CT molecular complexity index is 312. The fourth-order valence-corrected chi connectivity index (χ4v) is 5.68. The number of halogens is 2. The summed E-state index contributed by atoms with van der Waals surface area (Å²) in [7, 11) is 0. The quantitative estimate of drug-likeness (QED) is 0.433. The van der Waals surface area contributed by atoms with Crippen molar-refractivity contribution in [3.05, 3.63) is 29.2 Å². The first-order valence-electron chi connectivity index (χ1n) is 3.90. The van der Waals surface area contributed by atoms with E-state index in [1.165, 1.54) is 0 Å². The molecular formula is C8H11F2NOSn. The van der Waals surface area contributed by atoms with Crippen LogP contribution in [0, 0.1) is 16.8 Å². The van der Waals surface area contributed by atoms with E-state index in [4.69, 9.17) is 0 Å². The van der Waals surface area contributed by atoms with E-state index in [9.17, 15) is 14.0 Å². The maximum atomic E-state index is 13.2. The molecule has 0 unspecified atom stereocenters. The number of pyridine rings is 1. The van der Waals surface area contributed by atoms with E-state index in [0.717, 1.165) is 12.4 Å². The molecule has 0 aliphatic rings. The zero-order chi connectivity index (χ0) is 10.2. The van der Waals surface area contributed by atoms with Crippen LogP contribution in [0.2, 0.25) is 14.8 Å². The van der Waals surface area contributed by atoms with Crippen LogP contribution in [0.4, 0.5) is 8.78 Å². The van der Waals surface area contributed by atoms with E-state index in [1.54, 1.807) is 0 Å². The van der Waals surface area contributed by atoms with Gasteiger partial charge in [0, 0.05) is 0 Å². The molecule has 0 saturated carbocycles. The third-order valence-corrected chi connectivity index (χ3v) is 7.35. The average Bonchev–Trinajstić information content (AvgIpc) is 1.78. The molecule has 0 bridgehead atoms. The van der Waals surface area contributed by atoms with Gasteiger partial charge >= 0.3 is 79.5 Å². The van der Waals surface area contributed by atoms with Crippen molar-refractivity contribution in [2.24, 2.45) is 0 Å². The number of nitrogens with zero attached hydrogens (tertiary/aromatic N) is 1. The van der Waals surface area contributed by atoms with Crippen LogP contribution in [0.3, 0.4) is 0 Å². The topological polar surface area (TPSA) is 26.9 Å². The summed E-state index contributed by atoms with van der Waals surface area (Å²) in [5.74, 6) is -1.42. The van der Waals surface area contributed by atoms with Gasteiger partial charge in [0.2, 0.25) is 0 Å². The molecule has 1 rings (SSSR count). The molecule has 1 aromatic heterocycles. The molecule has 5 heteroatoms. The molecule has 1 aromatic rings.